The highest BCUT2D eigenvalue weighted by Crippen LogP contribution is 2.17. The lowest BCUT2D eigenvalue weighted by molar-refractivity contribution is -0.124. The number of amides is 1. The van der Waals surface area contributed by atoms with E-state index >= 15 is 0 Å². The van der Waals surface area contributed by atoms with E-state index in [1.165, 1.54) is 5.56 Å². The van der Waals surface area contributed by atoms with Gasteiger partial charge in [0.05, 0.1) is 0 Å². The van der Waals surface area contributed by atoms with E-state index in [1.54, 1.807) is 7.05 Å². The Balaban J connectivity index is 1.21. The van der Waals surface area contributed by atoms with Crippen molar-refractivity contribution in [3.05, 3.63) is 65.7 Å². The number of carbonyl (C=O) groups excluding carboxylic acids is 1. The number of hydrogen-bond donors (Lipinski definition) is 3. The van der Waals surface area contributed by atoms with E-state index in [-0.39, 0.29) is 12.0 Å². The number of benzene rings is 2. The second-order valence-electron chi connectivity index (χ2n) is 8.80. The van der Waals surface area contributed by atoms with E-state index in [1.807, 2.05) is 24.3 Å². The number of hydrogen-bond acceptors (Lipinski definition) is 4. The van der Waals surface area contributed by atoms with Crippen molar-refractivity contribution in [1.29, 1.82) is 0 Å². The molecule has 176 valence electrons. The van der Waals surface area contributed by atoms with Gasteiger partial charge in [0, 0.05) is 51.6 Å². The summed E-state index contributed by atoms with van der Waals surface area (Å²) in [5.74, 6) is 0.749. The average Bonchev–Trinajstić information content (AvgIpc) is 3.39. The number of nitrogens with one attached hydrogen (secondary N) is 3. The second kappa shape index (κ2) is 11.8. The predicted octanol–water partition coefficient (Wildman–Crippen LogP) is 3.13. The smallest absolute Gasteiger partial charge is 0.253 e. The van der Waals surface area contributed by atoms with Crippen LogP contribution in [0.5, 0.6) is 0 Å². The fourth-order valence-corrected chi connectivity index (χ4v) is 4.42. The molecule has 2 aromatic carbocycles. The van der Waals surface area contributed by atoms with Crippen LogP contribution in [0, 0.1) is 0 Å². The molecular formula is C26H35N5O2. The lowest BCUT2D eigenvalue weighted by Gasteiger charge is -2.33. The minimum absolute atomic E-state index is 0.0614. The zero-order valence-corrected chi connectivity index (χ0v) is 19.4. The van der Waals surface area contributed by atoms with Crippen LogP contribution in [0.25, 0.3) is 0 Å². The maximum absolute atomic E-state index is 12.3. The number of likely N-dealkylation sites (tertiary alicyclic amines) is 1. The van der Waals surface area contributed by atoms with E-state index in [4.69, 9.17) is 4.74 Å². The highest BCUT2D eigenvalue weighted by atomic mass is 16.5. The van der Waals surface area contributed by atoms with E-state index in [0.717, 1.165) is 62.5 Å². The summed E-state index contributed by atoms with van der Waals surface area (Å²) in [6.45, 7) is 4.47. The Bertz CT molecular complexity index is 919. The number of carbonyl (C=O) groups is 1. The monoisotopic (exact) mass is 449 g/mol. The van der Waals surface area contributed by atoms with E-state index < -0.39 is 0 Å². The van der Waals surface area contributed by atoms with Crippen LogP contribution >= 0.6 is 0 Å². The van der Waals surface area contributed by atoms with Gasteiger partial charge in [-0.15, -0.1) is 0 Å². The molecule has 1 amide bonds. The van der Waals surface area contributed by atoms with Gasteiger partial charge in [0.15, 0.2) is 5.96 Å². The fourth-order valence-electron chi connectivity index (χ4n) is 4.42. The molecule has 7 nitrogen and oxygen atoms in total. The summed E-state index contributed by atoms with van der Waals surface area (Å²) in [6, 6.07) is 19.0. The summed E-state index contributed by atoms with van der Waals surface area (Å²) in [7, 11) is 1.80. The molecule has 2 aromatic rings. The third kappa shape index (κ3) is 7.04. The molecule has 4 rings (SSSR count). The van der Waals surface area contributed by atoms with Gasteiger partial charge in [0.1, 0.15) is 6.10 Å². The molecule has 0 aromatic heterocycles. The first-order valence-electron chi connectivity index (χ1n) is 11.9. The molecule has 7 heteroatoms. The van der Waals surface area contributed by atoms with Gasteiger partial charge in [-0.2, -0.15) is 0 Å². The molecule has 0 saturated carbocycles. The van der Waals surface area contributed by atoms with Crippen molar-refractivity contribution in [2.75, 3.05) is 32.1 Å². The average molecular weight is 450 g/mol. The van der Waals surface area contributed by atoms with Crippen molar-refractivity contribution in [3.63, 3.8) is 0 Å². The largest absolute Gasteiger partial charge is 0.368 e. The van der Waals surface area contributed by atoms with Gasteiger partial charge in [-0.3, -0.25) is 14.7 Å². The molecular weight excluding hydrogens is 414 g/mol. The number of piperidine rings is 1. The Hall–Kier alpha value is -2.90. The standard InChI is InChI=1S/C26H35N5O2/c1-27-26(30-22-12-14-31(15-13-22)19-20-7-3-2-4-8-20)28-18-21-9-5-10-23(17-21)29-25(32)24-11-6-16-33-24/h2-5,7-10,17,22,24H,6,11-16,18-19H2,1H3,(H,29,32)(H2,27,28,30). The number of guanidine groups is 1. The minimum atomic E-state index is -0.325. The third-order valence-corrected chi connectivity index (χ3v) is 6.28. The predicted molar refractivity (Wildman–Crippen MR) is 132 cm³/mol. The van der Waals surface area contributed by atoms with Crippen LogP contribution < -0.4 is 16.0 Å². The lowest BCUT2D eigenvalue weighted by Crippen LogP contribution is -2.48. The molecule has 3 N–H and O–H groups in total. The van der Waals surface area contributed by atoms with Gasteiger partial charge in [0.25, 0.3) is 5.91 Å². The van der Waals surface area contributed by atoms with Crippen LogP contribution in [0.2, 0.25) is 0 Å². The molecule has 2 fully saturated rings. The molecule has 2 saturated heterocycles. The quantitative estimate of drug-likeness (QED) is 0.447. The van der Waals surface area contributed by atoms with Crippen LogP contribution in [0.3, 0.4) is 0 Å². The van der Waals surface area contributed by atoms with Crippen molar-refractivity contribution in [2.45, 2.75) is 50.9 Å². The first kappa shape index (κ1) is 23.3. The Morgan fingerprint density at radius 3 is 2.58 bits per heavy atom. The molecule has 2 aliphatic rings. The van der Waals surface area contributed by atoms with Gasteiger partial charge in [-0.1, -0.05) is 42.5 Å². The summed E-state index contributed by atoms with van der Waals surface area (Å²) >= 11 is 0. The zero-order chi connectivity index (χ0) is 22.9. The van der Waals surface area contributed by atoms with E-state index in [9.17, 15) is 4.79 Å². The van der Waals surface area contributed by atoms with E-state index in [2.05, 4.69) is 56.2 Å². The molecule has 0 bridgehead atoms. The summed E-state index contributed by atoms with van der Waals surface area (Å²) in [5, 5.41) is 9.95. The van der Waals surface area contributed by atoms with Crippen LogP contribution in [-0.2, 0) is 22.6 Å². The number of anilines is 1. The molecule has 0 spiro atoms. The lowest BCUT2D eigenvalue weighted by atomic mass is 10.0. The summed E-state index contributed by atoms with van der Waals surface area (Å²) in [4.78, 5) is 19.2. The molecule has 0 radical (unpaired) electrons. The molecule has 1 atom stereocenters. The van der Waals surface area contributed by atoms with Gasteiger partial charge >= 0.3 is 0 Å². The van der Waals surface area contributed by atoms with E-state index in [0.29, 0.717) is 19.2 Å². The van der Waals surface area contributed by atoms with Crippen molar-refractivity contribution < 1.29 is 9.53 Å². The Labute approximate surface area is 196 Å². The highest BCUT2D eigenvalue weighted by Gasteiger charge is 2.23. The van der Waals surface area contributed by atoms with Crippen LogP contribution in [0.4, 0.5) is 5.69 Å². The molecule has 0 aliphatic carbocycles. The van der Waals surface area contributed by atoms with Crippen LogP contribution in [0.15, 0.2) is 59.6 Å². The fraction of sp³-hybridized carbons (Fsp3) is 0.462. The zero-order valence-electron chi connectivity index (χ0n) is 19.4. The van der Waals surface area contributed by atoms with Crippen LogP contribution in [0.1, 0.15) is 36.8 Å². The van der Waals surface area contributed by atoms with Crippen molar-refractivity contribution in [2.24, 2.45) is 4.99 Å². The maximum Gasteiger partial charge on any atom is 0.253 e. The molecule has 1 unspecified atom stereocenters. The van der Waals surface area contributed by atoms with Crippen molar-refractivity contribution >= 4 is 17.6 Å². The van der Waals surface area contributed by atoms with Gasteiger partial charge < -0.3 is 20.7 Å². The molecule has 33 heavy (non-hydrogen) atoms. The summed E-state index contributed by atoms with van der Waals surface area (Å²) in [6.07, 6.45) is 3.60. The van der Waals surface area contributed by atoms with Crippen molar-refractivity contribution in [3.8, 4) is 0 Å². The summed E-state index contributed by atoms with van der Waals surface area (Å²) < 4.78 is 5.47. The van der Waals surface area contributed by atoms with Crippen LogP contribution in [-0.4, -0.2) is 55.7 Å². The third-order valence-electron chi connectivity index (χ3n) is 6.28. The second-order valence-corrected chi connectivity index (χ2v) is 8.80. The minimum Gasteiger partial charge on any atom is -0.368 e. The molecule has 2 heterocycles. The summed E-state index contributed by atoms with van der Waals surface area (Å²) in [5.41, 5.74) is 3.25. The highest BCUT2D eigenvalue weighted by molar-refractivity contribution is 5.94. The Kier molecular flexibility index (Phi) is 8.33. The first-order valence-corrected chi connectivity index (χ1v) is 11.9. The normalized spacial score (nSPS) is 19.9. The van der Waals surface area contributed by atoms with Crippen molar-refractivity contribution in [1.82, 2.24) is 15.5 Å². The SMILES string of the molecule is CN=C(NCc1cccc(NC(=O)C2CCCO2)c1)NC1CCN(Cc2ccccc2)CC1. The number of nitrogens with zero attached hydrogens (tertiary/aromatic N) is 2. The van der Waals surface area contributed by atoms with Gasteiger partial charge in [-0.05, 0) is 48.9 Å². The topological polar surface area (TPSA) is 78.0 Å². The number of ether oxygens (including phenoxy) is 1. The number of aliphatic imine (C=N–C) groups is 1. The Morgan fingerprint density at radius 2 is 1.85 bits per heavy atom. The number of rotatable bonds is 7. The first-order chi connectivity index (χ1) is 16.2. The van der Waals surface area contributed by atoms with Gasteiger partial charge in [0.2, 0.25) is 0 Å². The van der Waals surface area contributed by atoms with Gasteiger partial charge in [-0.25, -0.2) is 0 Å². The Morgan fingerprint density at radius 1 is 1.06 bits per heavy atom. The maximum atomic E-state index is 12.3. The molecule has 2 aliphatic heterocycles.